The van der Waals surface area contributed by atoms with Crippen molar-refractivity contribution in [1.29, 1.82) is 0 Å². The first-order chi connectivity index (χ1) is 10.3. The molecular weight excluding hydrogens is 256 g/mol. The van der Waals surface area contributed by atoms with Gasteiger partial charge in [-0.2, -0.15) is 0 Å². The minimum atomic E-state index is 0.726. The zero-order valence-electron chi connectivity index (χ0n) is 11.9. The summed E-state index contributed by atoms with van der Waals surface area (Å²) >= 11 is 0. The van der Waals surface area contributed by atoms with E-state index < -0.39 is 0 Å². The largest absolute Gasteiger partial charge is 0.398 e. The summed E-state index contributed by atoms with van der Waals surface area (Å²) in [5.41, 5.74) is 14.9. The van der Waals surface area contributed by atoms with E-state index in [0.29, 0.717) is 0 Å². The SMILES string of the molecule is Nc1ccccc1C#CCCCC#Cc1ccccc1N. The van der Waals surface area contributed by atoms with Crippen molar-refractivity contribution in [2.75, 3.05) is 11.5 Å². The van der Waals surface area contributed by atoms with Gasteiger partial charge in [-0.3, -0.25) is 0 Å². The van der Waals surface area contributed by atoms with Gasteiger partial charge in [-0.25, -0.2) is 0 Å². The summed E-state index contributed by atoms with van der Waals surface area (Å²) in [6.07, 6.45) is 2.57. The first-order valence-corrected chi connectivity index (χ1v) is 6.94. The lowest BCUT2D eigenvalue weighted by Gasteiger charge is -1.95. The van der Waals surface area contributed by atoms with Crippen molar-refractivity contribution >= 4 is 11.4 Å². The molecule has 2 aromatic rings. The summed E-state index contributed by atoms with van der Waals surface area (Å²) in [5, 5.41) is 0. The van der Waals surface area contributed by atoms with E-state index in [4.69, 9.17) is 11.5 Å². The minimum absolute atomic E-state index is 0.726. The van der Waals surface area contributed by atoms with Gasteiger partial charge >= 0.3 is 0 Å². The van der Waals surface area contributed by atoms with Gasteiger partial charge in [-0.05, 0) is 30.7 Å². The molecule has 0 saturated carbocycles. The van der Waals surface area contributed by atoms with Crippen LogP contribution in [0.4, 0.5) is 11.4 Å². The number of benzene rings is 2. The van der Waals surface area contributed by atoms with Crippen LogP contribution in [0.5, 0.6) is 0 Å². The molecule has 0 saturated heterocycles. The molecule has 2 heteroatoms. The second kappa shape index (κ2) is 7.68. The Labute approximate surface area is 126 Å². The normalized spacial score (nSPS) is 9.14. The van der Waals surface area contributed by atoms with Crippen LogP contribution in [0, 0.1) is 23.7 Å². The molecule has 0 bridgehead atoms. The monoisotopic (exact) mass is 274 g/mol. The molecule has 0 amide bonds. The molecule has 104 valence electrons. The molecule has 4 N–H and O–H groups in total. The summed E-state index contributed by atoms with van der Waals surface area (Å²) in [7, 11) is 0. The van der Waals surface area contributed by atoms with Crippen molar-refractivity contribution in [3.8, 4) is 23.7 Å². The Morgan fingerprint density at radius 1 is 0.667 bits per heavy atom. The molecule has 0 aromatic heterocycles. The van der Waals surface area contributed by atoms with Crippen LogP contribution in [0.2, 0.25) is 0 Å². The summed E-state index contributed by atoms with van der Waals surface area (Å²) in [6, 6.07) is 15.3. The fourth-order valence-corrected chi connectivity index (χ4v) is 1.80. The number of rotatable bonds is 2. The molecule has 0 aliphatic carbocycles. The van der Waals surface area contributed by atoms with Gasteiger partial charge in [0.05, 0.1) is 0 Å². The Hall–Kier alpha value is -2.84. The smallest absolute Gasteiger partial charge is 0.0474 e. The number of hydrogen-bond acceptors (Lipinski definition) is 2. The molecule has 2 nitrogen and oxygen atoms in total. The van der Waals surface area contributed by atoms with E-state index in [1.54, 1.807) is 0 Å². The second-order valence-corrected chi connectivity index (χ2v) is 4.63. The van der Waals surface area contributed by atoms with Crippen molar-refractivity contribution in [2.24, 2.45) is 0 Å². The highest BCUT2D eigenvalue weighted by molar-refractivity contribution is 5.56. The van der Waals surface area contributed by atoms with Crippen LogP contribution in [0.1, 0.15) is 30.4 Å². The molecule has 0 unspecified atom stereocenters. The van der Waals surface area contributed by atoms with E-state index >= 15 is 0 Å². The van der Waals surface area contributed by atoms with Gasteiger partial charge in [-0.15, -0.1) is 0 Å². The average Bonchev–Trinajstić information content (AvgIpc) is 2.50. The molecule has 21 heavy (non-hydrogen) atoms. The van der Waals surface area contributed by atoms with Crippen LogP contribution in [0.25, 0.3) is 0 Å². The number of nitrogen functional groups attached to an aromatic ring is 2. The molecule has 0 spiro atoms. The van der Waals surface area contributed by atoms with Crippen LogP contribution >= 0.6 is 0 Å². The van der Waals surface area contributed by atoms with Gasteiger partial charge in [0.15, 0.2) is 0 Å². The molecule has 2 aromatic carbocycles. The molecule has 0 aliphatic rings. The van der Waals surface area contributed by atoms with Gasteiger partial charge in [0.25, 0.3) is 0 Å². The minimum Gasteiger partial charge on any atom is -0.398 e. The molecule has 0 fully saturated rings. The Kier molecular flexibility index (Phi) is 5.33. The standard InChI is InChI=1S/C19H18N2/c20-18-14-8-6-12-16(18)10-4-2-1-3-5-11-17-13-7-9-15-19(17)21/h6-9,12-15H,1-3,20-21H2. The fraction of sp³-hybridized carbons (Fsp3) is 0.158. The maximum absolute atomic E-state index is 5.82. The first-order valence-electron chi connectivity index (χ1n) is 6.94. The zero-order chi connectivity index (χ0) is 14.9. The third-order valence-electron chi connectivity index (χ3n) is 2.97. The van der Waals surface area contributed by atoms with Crippen molar-refractivity contribution in [2.45, 2.75) is 19.3 Å². The van der Waals surface area contributed by atoms with Gasteiger partial charge < -0.3 is 11.5 Å². The van der Waals surface area contributed by atoms with E-state index in [-0.39, 0.29) is 0 Å². The Bertz CT molecular complexity index is 661. The highest BCUT2D eigenvalue weighted by Gasteiger charge is 1.91. The summed E-state index contributed by atoms with van der Waals surface area (Å²) in [5.74, 6) is 12.4. The highest BCUT2D eigenvalue weighted by Crippen LogP contribution is 2.09. The van der Waals surface area contributed by atoms with E-state index in [1.165, 1.54) is 0 Å². The lowest BCUT2D eigenvalue weighted by Crippen LogP contribution is -1.88. The predicted octanol–water partition coefficient (Wildman–Crippen LogP) is 3.42. The molecule has 0 atom stereocenters. The average molecular weight is 274 g/mol. The van der Waals surface area contributed by atoms with Gasteiger partial charge in [0.1, 0.15) is 0 Å². The van der Waals surface area contributed by atoms with Crippen molar-refractivity contribution < 1.29 is 0 Å². The fourth-order valence-electron chi connectivity index (χ4n) is 1.80. The maximum atomic E-state index is 5.82. The van der Waals surface area contributed by atoms with E-state index in [1.807, 2.05) is 48.5 Å². The predicted molar refractivity (Wildman–Crippen MR) is 89.3 cm³/mol. The Balaban J connectivity index is 1.80. The van der Waals surface area contributed by atoms with Gasteiger partial charge in [0.2, 0.25) is 0 Å². The third kappa shape index (κ3) is 4.64. The number of unbranched alkanes of at least 4 members (excludes halogenated alkanes) is 2. The highest BCUT2D eigenvalue weighted by atomic mass is 14.6. The van der Waals surface area contributed by atoms with Crippen LogP contribution in [0.15, 0.2) is 48.5 Å². The van der Waals surface area contributed by atoms with Crippen LogP contribution in [-0.2, 0) is 0 Å². The van der Waals surface area contributed by atoms with Crippen LogP contribution in [-0.4, -0.2) is 0 Å². The van der Waals surface area contributed by atoms with Crippen LogP contribution in [0.3, 0.4) is 0 Å². The third-order valence-corrected chi connectivity index (χ3v) is 2.97. The van der Waals surface area contributed by atoms with Crippen molar-refractivity contribution in [1.82, 2.24) is 0 Å². The van der Waals surface area contributed by atoms with Crippen molar-refractivity contribution in [3.05, 3.63) is 59.7 Å². The molecule has 0 aliphatic heterocycles. The summed E-state index contributed by atoms with van der Waals surface area (Å²) < 4.78 is 0. The molecular formula is C19H18N2. The number of anilines is 2. The molecule has 0 radical (unpaired) electrons. The lowest BCUT2D eigenvalue weighted by molar-refractivity contribution is 0.903. The first kappa shape index (κ1) is 14.6. The lowest BCUT2D eigenvalue weighted by atomic mass is 10.1. The maximum Gasteiger partial charge on any atom is 0.0474 e. The van der Waals surface area contributed by atoms with E-state index in [9.17, 15) is 0 Å². The zero-order valence-corrected chi connectivity index (χ0v) is 11.9. The summed E-state index contributed by atoms with van der Waals surface area (Å²) in [6.45, 7) is 0. The number of hydrogen-bond donors (Lipinski definition) is 2. The Morgan fingerprint density at radius 2 is 1.10 bits per heavy atom. The van der Waals surface area contributed by atoms with Crippen molar-refractivity contribution in [3.63, 3.8) is 0 Å². The topological polar surface area (TPSA) is 52.0 Å². The van der Waals surface area contributed by atoms with Gasteiger partial charge in [0, 0.05) is 35.3 Å². The number of nitrogens with two attached hydrogens (primary N) is 2. The van der Waals surface area contributed by atoms with Gasteiger partial charge in [-0.1, -0.05) is 47.9 Å². The molecule has 2 rings (SSSR count). The van der Waals surface area contributed by atoms with Crippen LogP contribution < -0.4 is 11.5 Å². The summed E-state index contributed by atoms with van der Waals surface area (Å²) in [4.78, 5) is 0. The number of para-hydroxylation sites is 2. The molecule has 0 heterocycles. The second-order valence-electron chi connectivity index (χ2n) is 4.63. The van der Waals surface area contributed by atoms with E-state index in [0.717, 1.165) is 41.8 Å². The van der Waals surface area contributed by atoms with E-state index in [2.05, 4.69) is 23.7 Å². The quantitative estimate of drug-likeness (QED) is 0.501. The Morgan fingerprint density at radius 3 is 1.52 bits per heavy atom.